The minimum absolute atomic E-state index is 0.115. The normalized spacial score (nSPS) is 17.1. The van der Waals surface area contributed by atoms with Gasteiger partial charge >= 0.3 is 6.09 Å². The molecule has 3 aromatic rings. The second kappa shape index (κ2) is 12.3. The first kappa shape index (κ1) is 29.8. The Bertz CT molecular complexity index is 1420. The van der Waals surface area contributed by atoms with E-state index >= 15 is 0 Å². The van der Waals surface area contributed by atoms with E-state index in [4.69, 9.17) is 9.47 Å². The lowest BCUT2D eigenvalue weighted by molar-refractivity contribution is -0.0992. The van der Waals surface area contributed by atoms with Crippen molar-refractivity contribution in [1.29, 1.82) is 0 Å². The van der Waals surface area contributed by atoms with E-state index in [9.17, 15) is 9.59 Å². The van der Waals surface area contributed by atoms with Gasteiger partial charge in [0.1, 0.15) is 17.0 Å². The van der Waals surface area contributed by atoms with Gasteiger partial charge in [0.15, 0.2) is 5.16 Å². The standard InChI is InChI=1S/C32H39N5O4S/c1-31(2,3)41-30(39)36-16-14-32(15-17-36,24-11-7-6-8-12-24)40-22-23-10-9-13-25(20-23)37-19-18-35(4)27-26(28(37)38)21-33-29(34-27)42-5/h6-13,20-21H,14-19,22H2,1-5H3. The second-order valence-electron chi connectivity index (χ2n) is 11.8. The van der Waals surface area contributed by atoms with Crippen molar-refractivity contribution in [3.8, 4) is 0 Å². The largest absolute Gasteiger partial charge is 0.444 e. The number of nitrogens with zero attached hydrogens (tertiary/aromatic N) is 5. The molecule has 3 heterocycles. The van der Waals surface area contributed by atoms with Crippen LogP contribution in [0.1, 0.15) is 55.1 Å². The summed E-state index contributed by atoms with van der Waals surface area (Å²) in [6.07, 6.45) is 4.57. The molecule has 42 heavy (non-hydrogen) atoms. The fourth-order valence-electron chi connectivity index (χ4n) is 5.42. The van der Waals surface area contributed by atoms with Crippen LogP contribution in [0.4, 0.5) is 16.3 Å². The topological polar surface area (TPSA) is 88.1 Å². The maximum Gasteiger partial charge on any atom is 0.410 e. The third-order valence-corrected chi connectivity index (χ3v) is 8.25. The average Bonchev–Trinajstić information content (AvgIpc) is 3.11. The summed E-state index contributed by atoms with van der Waals surface area (Å²) in [5, 5.41) is 0.644. The number of hydrogen-bond donors (Lipinski definition) is 0. The fraction of sp³-hybridized carbons (Fsp3) is 0.438. The Morgan fingerprint density at radius 3 is 2.45 bits per heavy atom. The van der Waals surface area contributed by atoms with Crippen LogP contribution in [0.5, 0.6) is 0 Å². The lowest BCUT2D eigenvalue weighted by atomic mass is 9.84. The van der Waals surface area contributed by atoms with E-state index in [1.54, 1.807) is 16.0 Å². The van der Waals surface area contributed by atoms with Crippen LogP contribution in [0.3, 0.4) is 0 Å². The van der Waals surface area contributed by atoms with Crippen molar-refractivity contribution in [1.82, 2.24) is 14.9 Å². The molecule has 0 N–H and O–H groups in total. The van der Waals surface area contributed by atoms with Crippen molar-refractivity contribution in [3.05, 3.63) is 77.5 Å². The highest BCUT2D eigenvalue weighted by Gasteiger charge is 2.39. The van der Waals surface area contributed by atoms with Gasteiger partial charge in [-0.3, -0.25) is 4.79 Å². The van der Waals surface area contributed by atoms with E-state index < -0.39 is 11.2 Å². The van der Waals surface area contributed by atoms with Gasteiger partial charge in [-0.1, -0.05) is 54.2 Å². The Hall–Kier alpha value is -3.63. The summed E-state index contributed by atoms with van der Waals surface area (Å²) in [7, 11) is 1.95. The number of piperidine rings is 1. The molecular weight excluding hydrogens is 550 g/mol. The molecule has 2 amide bonds. The first-order chi connectivity index (χ1) is 20.1. The summed E-state index contributed by atoms with van der Waals surface area (Å²) in [4.78, 5) is 40.9. The highest BCUT2D eigenvalue weighted by atomic mass is 32.2. The number of amides is 2. The van der Waals surface area contributed by atoms with Gasteiger partial charge in [0.2, 0.25) is 0 Å². The van der Waals surface area contributed by atoms with Crippen LogP contribution in [0, 0.1) is 0 Å². The number of thioether (sulfide) groups is 1. The number of hydrogen-bond acceptors (Lipinski definition) is 8. The highest BCUT2D eigenvalue weighted by Crippen LogP contribution is 2.38. The van der Waals surface area contributed by atoms with Crippen LogP contribution in [0.2, 0.25) is 0 Å². The van der Waals surface area contributed by atoms with Crippen LogP contribution in [0.15, 0.2) is 66.0 Å². The van der Waals surface area contributed by atoms with Gasteiger partial charge in [0, 0.05) is 45.1 Å². The van der Waals surface area contributed by atoms with Crippen LogP contribution in [-0.4, -0.2) is 72.0 Å². The molecule has 0 aliphatic carbocycles. The summed E-state index contributed by atoms with van der Waals surface area (Å²) >= 11 is 1.46. The molecule has 0 radical (unpaired) electrons. The van der Waals surface area contributed by atoms with Crippen LogP contribution < -0.4 is 9.80 Å². The van der Waals surface area contributed by atoms with Gasteiger partial charge in [0.25, 0.3) is 5.91 Å². The quantitative estimate of drug-likeness (QED) is 0.266. The molecule has 5 rings (SSSR count). The van der Waals surface area contributed by atoms with Gasteiger partial charge in [-0.25, -0.2) is 14.8 Å². The van der Waals surface area contributed by atoms with Crippen molar-refractivity contribution >= 4 is 35.3 Å². The van der Waals surface area contributed by atoms with Gasteiger partial charge in [-0.15, -0.1) is 0 Å². The molecule has 1 fully saturated rings. The van der Waals surface area contributed by atoms with Crippen molar-refractivity contribution in [2.24, 2.45) is 0 Å². The van der Waals surface area contributed by atoms with Crippen LogP contribution in [0.25, 0.3) is 0 Å². The third kappa shape index (κ3) is 6.55. The molecule has 0 saturated carbocycles. The Morgan fingerprint density at radius 2 is 1.76 bits per heavy atom. The van der Waals surface area contributed by atoms with E-state index in [1.807, 2.05) is 81.4 Å². The Kier molecular flexibility index (Phi) is 8.75. The molecule has 1 saturated heterocycles. The summed E-state index contributed by atoms with van der Waals surface area (Å²) in [6.45, 7) is 8.27. The number of likely N-dealkylation sites (tertiary alicyclic amines) is 1. The van der Waals surface area contributed by atoms with Crippen molar-refractivity contribution in [2.75, 3.05) is 49.3 Å². The maximum absolute atomic E-state index is 13.6. The third-order valence-electron chi connectivity index (χ3n) is 7.69. The minimum atomic E-state index is -0.539. The summed E-state index contributed by atoms with van der Waals surface area (Å²) in [5.74, 6) is 0.541. The first-order valence-corrected chi connectivity index (χ1v) is 15.5. The number of ether oxygens (including phenoxy) is 2. The molecule has 0 spiro atoms. The summed E-state index contributed by atoms with van der Waals surface area (Å²) in [5.41, 5.74) is 2.29. The molecule has 9 nitrogen and oxygen atoms in total. The zero-order chi connectivity index (χ0) is 29.9. The van der Waals surface area contributed by atoms with E-state index in [-0.39, 0.29) is 12.0 Å². The van der Waals surface area contributed by atoms with Crippen molar-refractivity contribution in [3.63, 3.8) is 0 Å². The van der Waals surface area contributed by atoms with E-state index in [0.29, 0.717) is 62.2 Å². The number of benzene rings is 2. The molecule has 0 atom stereocenters. The van der Waals surface area contributed by atoms with Crippen molar-refractivity contribution in [2.45, 2.75) is 56.6 Å². The molecular formula is C32H39N5O4S. The lowest BCUT2D eigenvalue weighted by Crippen LogP contribution is -2.47. The number of anilines is 2. The molecule has 2 aromatic carbocycles. The number of fused-ring (bicyclic) bond motifs is 1. The van der Waals surface area contributed by atoms with Crippen LogP contribution in [-0.2, 0) is 21.7 Å². The molecule has 1 aromatic heterocycles. The maximum atomic E-state index is 13.6. The number of rotatable bonds is 6. The van der Waals surface area contributed by atoms with Gasteiger partial charge < -0.3 is 24.2 Å². The monoisotopic (exact) mass is 589 g/mol. The summed E-state index contributed by atoms with van der Waals surface area (Å²) < 4.78 is 12.4. The zero-order valence-corrected chi connectivity index (χ0v) is 25.8. The zero-order valence-electron chi connectivity index (χ0n) is 25.0. The molecule has 0 unspecified atom stereocenters. The summed E-state index contributed by atoms with van der Waals surface area (Å²) in [6, 6.07) is 18.2. The van der Waals surface area contributed by atoms with E-state index in [1.165, 1.54) is 11.8 Å². The smallest absolute Gasteiger partial charge is 0.410 e. The predicted molar refractivity (Wildman–Crippen MR) is 165 cm³/mol. The van der Waals surface area contributed by atoms with Gasteiger partial charge in [-0.2, -0.15) is 0 Å². The Balaban J connectivity index is 1.34. The Morgan fingerprint density at radius 1 is 1.02 bits per heavy atom. The predicted octanol–water partition coefficient (Wildman–Crippen LogP) is 5.74. The number of carbonyl (C=O) groups is 2. The van der Waals surface area contributed by atoms with E-state index in [2.05, 4.69) is 22.1 Å². The average molecular weight is 590 g/mol. The van der Waals surface area contributed by atoms with Gasteiger partial charge in [-0.05, 0) is 63.1 Å². The van der Waals surface area contributed by atoms with Crippen molar-refractivity contribution < 1.29 is 19.1 Å². The second-order valence-corrected chi connectivity index (χ2v) is 12.5. The van der Waals surface area contributed by atoms with Crippen LogP contribution >= 0.6 is 11.8 Å². The molecule has 0 bridgehead atoms. The number of aromatic nitrogens is 2. The SMILES string of the molecule is CSc1ncc2c(n1)N(C)CCN(c1cccc(COC3(c4ccccc4)CCN(C(=O)OC(C)(C)C)CC3)c1)C2=O. The first-order valence-electron chi connectivity index (χ1n) is 14.3. The molecule has 222 valence electrons. The van der Waals surface area contributed by atoms with Gasteiger partial charge in [0.05, 0.1) is 12.2 Å². The minimum Gasteiger partial charge on any atom is -0.444 e. The Labute approximate surface area is 252 Å². The lowest BCUT2D eigenvalue weighted by Gasteiger charge is -2.42. The fourth-order valence-corrected chi connectivity index (χ4v) is 5.75. The molecule has 2 aliphatic heterocycles. The molecule has 2 aliphatic rings. The molecule has 10 heteroatoms. The van der Waals surface area contributed by atoms with E-state index in [0.717, 1.165) is 16.8 Å². The number of likely N-dealkylation sites (N-methyl/N-ethyl adjacent to an activating group) is 1. The number of carbonyl (C=O) groups excluding carboxylic acids is 2. The highest BCUT2D eigenvalue weighted by molar-refractivity contribution is 7.98.